The third-order valence-electron chi connectivity index (χ3n) is 10.8. The number of aliphatic hydroxyl groups is 1. The Labute approximate surface area is 187 Å². The predicted molar refractivity (Wildman–Crippen MR) is 119 cm³/mol. The fraction of sp³-hybridized carbons (Fsp3) is 0.926. The van der Waals surface area contributed by atoms with Gasteiger partial charge in [0.15, 0.2) is 0 Å². The summed E-state index contributed by atoms with van der Waals surface area (Å²) in [7, 11) is 0. The summed E-state index contributed by atoms with van der Waals surface area (Å²) < 4.78 is 39.0. The van der Waals surface area contributed by atoms with Crippen LogP contribution in [0.2, 0.25) is 0 Å². The van der Waals surface area contributed by atoms with E-state index in [1.165, 1.54) is 38.2 Å². The van der Waals surface area contributed by atoms with Crippen LogP contribution in [0.1, 0.15) is 98.8 Å². The highest BCUT2D eigenvalue weighted by Crippen LogP contribution is 2.67. The second kappa shape index (κ2) is 7.77. The molecule has 0 bridgehead atoms. The molecule has 4 rings (SSSR count). The maximum absolute atomic E-state index is 13.0. The van der Waals surface area contributed by atoms with Gasteiger partial charge >= 0.3 is 6.18 Å². The number of hydrogen-bond acceptors (Lipinski definition) is 1. The third kappa shape index (κ3) is 4.02. The van der Waals surface area contributed by atoms with E-state index in [0.717, 1.165) is 25.7 Å². The molecular weight excluding hydrogens is 397 g/mol. The van der Waals surface area contributed by atoms with Crippen LogP contribution in [0, 0.1) is 46.3 Å². The van der Waals surface area contributed by atoms with Gasteiger partial charge < -0.3 is 5.11 Å². The van der Waals surface area contributed by atoms with Crippen LogP contribution < -0.4 is 0 Å². The van der Waals surface area contributed by atoms with E-state index in [-0.39, 0.29) is 17.3 Å². The predicted octanol–water partition coefficient (Wildman–Crippen LogP) is 7.93. The maximum Gasteiger partial charge on any atom is 0.391 e. The molecular formula is C27H43F3O. The first-order chi connectivity index (χ1) is 14.3. The summed E-state index contributed by atoms with van der Waals surface area (Å²) in [5, 5.41) is 10.6. The van der Waals surface area contributed by atoms with Crippen molar-refractivity contribution < 1.29 is 18.3 Å². The molecule has 1 nitrogen and oxygen atoms in total. The minimum Gasteiger partial charge on any atom is -0.390 e. The van der Waals surface area contributed by atoms with Crippen LogP contribution in [0.15, 0.2) is 11.6 Å². The average Bonchev–Trinajstić information content (AvgIpc) is 3.02. The molecule has 4 aliphatic rings. The minimum atomic E-state index is -4.06. The van der Waals surface area contributed by atoms with E-state index >= 15 is 0 Å². The van der Waals surface area contributed by atoms with E-state index in [1.807, 2.05) is 6.92 Å². The van der Waals surface area contributed by atoms with Crippen molar-refractivity contribution in [1.29, 1.82) is 0 Å². The van der Waals surface area contributed by atoms with Gasteiger partial charge in [0.2, 0.25) is 0 Å². The van der Waals surface area contributed by atoms with Crippen LogP contribution >= 0.6 is 0 Å². The summed E-state index contributed by atoms with van der Waals surface area (Å²) in [6, 6.07) is 0. The standard InChI is InChI=1S/C27H43F3O/c1-17(6-7-18(2)27(28,29)30)21-10-11-22-20-9-8-19-16-24(3,31)14-15-25(19,4)23(20)12-13-26(21,22)5/h8,17-18,20-23,31H,6-7,9-16H2,1-5H3/t17-,18?,20+,21-,22+,23+,24+,25+,26-/m1/s1. The third-order valence-corrected chi connectivity index (χ3v) is 10.8. The Morgan fingerprint density at radius 1 is 1.00 bits per heavy atom. The van der Waals surface area contributed by atoms with E-state index in [1.54, 1.807) is 0 Å². The average molecular weight is 441 g/mol. The molecule has 4 aliphatic carbocycles. The molecule has 1 unspecified atom stereocenters. The van der Waals surface area contributed by atoms with E-state index in [2.05, 4.69) is 26.8 Å². The molecule has 1 N–H and O–H groups in total. The highest BCUT2D eigenvalue weighted by Gasteiger charge is 2.59. The van der Waals surface area contributed by atoms with Crippen molar-refractivity contribution in [1.82, 2.24) is 0 Å². The molecule has 0 aromatic heterocycles. The van der Waals surface area contributed by atoms with Gasteiger partial charge in [-0.15, -0.1) is 0 Å². The monoisotopic (exact) mass is 440 g/mol. The van der Waals surface area contributed by atoms with Crippen molar-refractivity contribution in [2.75, 3.05) is 0 Å². The zero-order valence-corrected chi connectivity index (χ0v) is 20.2. The lowest BCUT2D eigenvalue weighted by atomic mass is 9.46. The molecule has 0 spiro atoms. The highest BCUT2D eigenvalue weighted by molar-refractivity contribution is 5.26. The summed E-state index contributed by atoms with van der Waals surface area (Å²) in [6.45, 7) is 10.5. The lowest BCUT2D eigenvalue weighted by Gasteiger charge is -2.59. The fourth-order valence-corrected chi connectivity index (χ4v) is 8.66. The Kier molecular flexibility index (Phi) is 5.93. The number of allylic oxidation sites excluding steroid dienone is 1. The molecule has 0 aromatic rings. The molecule has 4 heteroatoms. The molecule has 0 radical (unpaired) electrons. The summed E-state index contributed by atoms with van der Waals surface area (Å²) in [4.78, 5) is 0. The van der Waals surface area contributed by atoms with Crippen LogP contribution in [-0.2, 0) is 0 Å². The Balaban J connectivity index is 1.48. The molecule has 178 valence electrons. The van der Waals surface area contributed by atoms with Crippen LogP contribution in [0.5, 0.6) is 0 Å². The van der Waals surface area contributed by atoms with Gasteiger partial charge in [-0.25, -0.2) is 0 Å². The zero-order valence-electron chi connectivity index (χ0n) is 20.2. The summed E-state index contributed by atoms with van der Waals surface area (Å²) in [5.41, 5.74) is 1.46. The Morgan fingerprint density at radius 2 is 1.71 bits per heavy atom. The number of rotatable bonds is 4. The molecule has 0 heterocycles. The van der Waals surface area contributed by atoms with Crippen molar-refractivity contribution in [3.05, 3.63) is 11.6 Å². The molecule has 9 atom stereocenters. The quantitative estimate of drug-likeness (QED) is 0.440. The molecule has 0 amide bonds. The Morgan fingerprint density at radius 3 is 2.39 bits per heavy atom. The molecule has 0 aromatic carbocycles. The van der Waals surface area contributed by atoms with Crippen LogP contribution in [-0.4, -0.2) is 16.9 Å². The van der Waals surface area contributed by atoms with Gasteiger partial charge in [-0.3, -0.25) is 0 Å². The van der Waals surface area contributed by atoms with Crippen LogP contribution in [0.3, 0.4) is 0 Å². The van der Waals surface area contributed by atoms with Crippen LogP contribution in [0.4, 0.5) is 13.2 Å². The van der Waals surface area contributed by atoms with Crippen LogP contribution in [0.25, 0.3) is 0 Å². The Bertz CT molecular complexity index is 710. The molecule has 31 heavy (non-hydrogen) atoms. The molecule has 3 saturated carbocycles. The van der Waals surface area contributed by atoms with Gasteiger partial charge in [0.1, 0.15) is 0 Å². The first kappa shape index (κ1) is 23.6. The van der Waals surface area contributed by atoms with Crippen molar-refractivity contribution in [3.63, 3.8) is 0 Å². The molecule has 0 saturated heterocycles. The highest BCUT2D eigenvalue weighted by atomic mass is 19.4. The van der Waals surface area contributed by atoms with Gasteiger partial charge in [0, 0.05) is 0 Å². The van der Waals surface area contributed by atoms with Gasteiger partial charge in [0.05, 0.1) is 11.5 Å². The van der Waals surface area contributed by atoms with Crippen molar-refractivity contribution in [3.8, 4) is 0 Å². The zero-order chi connectivity index (χ0) is 22.8. The largest absolute Gasteiger partial charge is 0.391 e. The SMILES string of the molecule is CC(CC[C@@H](C)[C@H]1CC[C@H]2[C@@H]3CC=C4C[C@@](C)(O)CC[C@]4(C)[C@H]3CC[C@]12C)C(F)(F)F. The summed E-state index contributed by atoms with van der Waals surface area (Å²) >= 11 is 0. The lowest BCUT2D eigenvalue weighted by molar-refractivity contribution is -0.172. The normalized spacial score (nSPS) is 47.1. The number of hydrogen-bond donors (Lipinski definition) is 1. The minimum absolute atomic E-state index is 0.234. The topological polar surface area (TPSA) is 20.2 Å². The second-order valence-corrected chi connectivity index (χ2v) is 12.7. The van der Waals surface area contributed by atoms with E-state index in [9.17, 15) is 18.3 Å². The molecule has 0 aliphatic heterocycles. The van der Waals surface area contributed by atoms with Gasteiger partial charge in [-0.05, 0) is 112 Å². The summed E-state index contributed by atoms with van der Waals surface area (Å²) in [5.74, 6) is 1.86. The van der Waals surface area contributed by atoms with E-state index in [0.29, 0.717) is 36.0 Å². The van der Waals surface area contributed by atoms with E-state index < -0.39 is 17.7 Å². The fourth-order valence-electron chi connectivity index (χ4n) is 8.66. The van der Waals surface area contributed by atoms with E-state index in [4.69, 9.17) is 0 Å². The Hall–Kier alpha value is -0.510. The lowest BCUT2D eigenvalue weighted by Crippen LogP contribution is -2.52. The first-order valence-electron chi connectivity index (χ1n) is 12.8. The van der Waals surface area contributed by atoms with Gasteiger partial charge in [0.25, 0.3) is 0 Å². The van der Waals surface area contributed by atoms with Gasteiger partial charge in [-0.1, -0.05) is 39.3 Å². The molecule has 3 fully saturated rings. The van der Waals surface area contributed by atoms with Gasteiger partial charge in [-0.2, -0.15) is 13.2 Å². The summed E-state index contributed by atoms with van der Waals surface area (Å²) in [6.07, 6.45) is 8.22. The van der Waals surface area contributed by atoms with Crippen molar-refractivity contribution >= 4 is 0 Å². The first-order valence-corrected chi connectivity index (χ1v) is 12.8. The number of alkyl halides is 3. The smallest absolute Gasteiger partial charge is 0.390 e. The van der Waals surface area contributed by atoms with Crippen molar-refractivity contribution in [2.24, 2.45) is 46.3 Å². The number of fused-ring (bicyclic) bond motifs is 5. The second-order valence-electron chi connectivity index (χ2n) is 12.7. The number of halogens is 3. The van der Waals surface area contributed by atoms with Crippen molar-refractivity contribution in [2.45, 2.75) is 111 Å². The maximum atomic E-state index is 13.0.